The highest BCUT2D eigenvalue weighted by molar-refractivity contribution is 7.87. The van der Waals surface area contributed by atoms with Crippen molar-refractivity contribution in [1.29, 1.82) is 0 Å². The molecule has 3 N–H and O–H groups in total. The van der Waals surface area contributed by atoms with Gasteiger partial charge < -0.3 is 10.5 Å². The maximum absolute atomic E-state index is 11.8. The van der Waals surface area contributed by atoms with Crippen LogP contribution in [0, 0.1) is 5.92 Å². The van der Waals surface area contributed by atoms with Crippen LogP contribution in [0.2, 0.25) is 0 Å². The average molecular weight is 251 g/mol. The highest BCUT2D eigenvalue weighted by Crippen LogP contribution is 2.17. The summed E-state index contributed by atoms with van der Waals surface area (Å²) >= 11 is 0. The molecular formula is C9H21N3O3S. The maximum Gasteiger partial charge on any atom is 0.279 e. The molecule has 16 heavy (non-hydrogen) atoms. The number of rotatable bonds is 6. The first-order valence-corrected chi connectivity index (χ1v) is 6.98. The second-order valence-corrected chi connectivity index (χ2v) is 5.73. The fraction of sp³-hybridized carbons (Fsp3) is 1.00. The van der Waals surface area contributed by atoms with Gasteiger partial charge in [-0.3, -0.25) is 0 Å². The van der Waals surface area contributed by atoms with E-state index in [0.717, 1.165) is 12.8 Å². The first-order chi connectivity index (χ1) is 7.60. The van der Waals surface area contributed by atoms with E-state index < -0.39 is 10.2 Å². The van der Waals surface area contributed by atoms with Crippen LogP contribution in [0.4, 0.5) is 0 Å². The summed E-state index contributed by atoms with van der Waals surface area (Å²) < 4.78 is 32.3. The van der Waals surface area contributed by atoms with E-state index in [0.29, 0.717) is 38.7 Å². The molecule has 7 heteroatoms. The third kappa shape index (κ3) is 3.99. The SMILES string of the molecule is COCCNS(=O)(=O)N1CCC(CN)CC1. The fourth-order valence-corrected chi connectivity index (χ4v) is 2.96. The smallest absolute Gasteiger partial charge is 0.279 e. The van der Waals surface area contributed by atoms with Crippen molar-refractivity contribution in [2.75, 3.05) is 39.9 Å². The van der Waals surface area contributed by atoms with E-state index in [9.17, 15) is 8.42 Å². The van der Waals surface area contributed by atoms with Crippen LogP contribution in [0.3, 0.4) is 0 Å². The van der Waals surface area contributed by atoms with E-state index in [1.54, 1.807) is 7.11 Å². The second kappa shape index (κ2) is 6.51. The van der Waals surface area contributed by atoms with E-state index in [2.05, 4.69) is 4.72 Å². The van der Waals surface area contributed by atoms with Gasteiger partial charge in [0.15, 0.2) is 0 Å². The quantitative estimate of drug-likeness (QED) is 0.602. The van der Waals surface area contributed by atoms with Crippen molar-refractivity contribution in [2.24, 2.45) is 11.7 Å². The Bertz CT molecular complexity index is 286. The van der Waals surface area contributed by atoms with Crippen LogP contribution in [0.5, 0.6) is 0 Å². The third-order valence-corrected chi connectivity index (χ3v) is 4.45. The number of nitrogens with one attached hydrogen (secondary N) is 1. The Labute approximate surface area is 97.3 Å². The van der Waals surface area contributed by atoms with Gasteiger partial charge in [-0.05, 0) is 25.3 Å². The number of hydrogen-bond acceptors (Lipinski definition) is 4. The molecule has 0 aromatic carbocycles. The van der Waals surface area contributed by atoms with Gasteiger partial charge in [-0.2, -0.15) is 17.4 Å². The first kappa shape index (κ1) is 13.9. The van der Waals surface area contributed by atoms with Crippen LogP contribution in [0.25, 0.3) is 0 Å². The monoisotopic (exact) mass is 251 g/mol. The summed E-state index contributed by atoms with van der Waals surface area (Å²) in [6.45, 7) is 2.47. The number of nitrogens with two attached hydrogens (primary N) is 1. The molecule has 0 saturated carbocycles. The molecule has 0 radical (unpaired) electrons. The predicted molar refractivity (Wildman–Crippen MR) is 62.1 cm³/mol. The zero-order chi connectivity index (χ0) is 12.0. The molecule has 0 bridgehead atoms. The zero-order valence-electron chi connectivity index (χ0n) is 9.68. The van der Waals surface area contributed by atoms with Crippen molar-refractivity contribution in [3.63, 3.8) is 0 Å². The van der Waals surface area contributed by atoms with Gasteiger partial charge in [0.05, 0.1) is 6.61 Å². The average Bonchev–Trinajstić information content (AvgIpc) is 2.29. The van der Waals surface area contributed by atoms with E-state index in [1.807, 2.05) is 0 Å². The lowest BCUT2D eigenvalue weighted by molar-refractivity contribution is 0.203. The van der Waals surface area contributed by atoms with Crippen molar-refractivity contribution >= 4 is 10.2 Å². The lowest BCUT2D eigenvalue weighted by Crippen LogP contribution is -2.46. The standard InChI is InChI=1S/C9H21N3O3S/c1-15-7-4-11-16(13,14)12-5-2-9(8-10)3-6-12/h9,11H,2-8,10H2,1H3. The number of ether oxygens (including phenoxy) is 1. The molecule has 1 aliphatic rings. The first-order valence-electron chi connectivity index (χ1n) is 5.54. The van der Waals surface area contributed by atoms with Gasteiger partial charge in [-0.1, -0.05) is 0 Å². The van der Waals surface area contributed by atoms with E-state index in [1.165, 1.54) is 4.31 Å². The number of hydrogen-bond donors (Lipinski definition) is 2. The summed E-state index contributed by atoms with van der Waals surface area (Å²) in [6.07, 6.45) is 1.70. The number of piperidine rings is 1. The highest BCUT2D eigenvalue weighted by atomic mass is 32.2. The van der Waals surface area contributed by atoms with Crippen LogP contribution < -0.4 is 10.5 Å². The molecule has 1 heterocycles. The van der Waals surface area contributed by atoms with E-state index in [4.69, 9.17) is 10.5 Å². The second-order valence-electron chi connectivity index (χ2n) is 3.97. The Morgan fingerprint density at radius 2 is 2.06 bits per heavy atom. The fourth-order valence-electron chi connectivity index (χ4n) is 1.75. The molecule has 0 amide bonds. The summed E-state index contributed by atoms with van der Waals surface area (Å²) in [4.78, 5) is 0. The van der Waals surface area contributed by atoms with Gasteiger partial charge in [0.2, 0.25) is 0 Å². The van der Waals surface area contributed by atoms with E-state index >= 15 is 0 Å². The number of nitrogens with zero attached hydrogens (tertiary/aromatic N) is 1. The highest BCUT2D eigenvalue weighted by Gasteiger charge is 2.26. The van der Waals surface area contributed by atoms with Gasteiger partial charge >= 0.3 is 0 Å². The largest absolute Gasteiger partial charge is 0.383 e. The summed E-state index contributed by atoms with van der Waals surface area (Å²) in [5.74, 6) is 0.463. The minimum absolute atomic E-state index is 0.315. The third-order valence-electron chi connectivity index (χ3n) is 2.84. The maximum atomic E-state index is 11.8. The van der Waals surface area contributed by atoms with Crippen molar-refractivity contribution in [1.82, 2.24) is 9.03 Å². The van der Waals surface area contributed by atoms with Gasteiger partial charge in [-0.15, -0.1) is 0 Å². The topological polar surface area (TPSA) is 84.7 Å². The Hall–Kier alpha value is -0.210. The summed E-state index contributed by atoms with van der Waals surface area (Å²) in [5, 5.41) is 0. The molecule has 0 aliphatic carbocycles. The molecule has 1 aliphatic heterocycles. The Balaban J connectivity index is 2.39. The van der Waals surface area contributed by atoms with Gasteiger partial charge in [0, 0.05) is 26.7 Å². The molecular weight excluding hydrogens is 230 g/mol. The van der Waals surface area contributed by atoms with Crippen LogP contribution in [-0.2, 0) is 14.9 Å². The Kier molecular flexibility index (Phi) is 5.63. The molecule has 0 aromatic heterocycles. The molecule has 1 fully saturated rings. The van der Waals surface area contributed by atoms with Crippen molar-refractivity contribution < 1.29 is 13.2 Å². The molecule has 96 valence electrons. The molecule has 0 spiro atoms. The Morgan fingerprint density at radius 1 is 1.44 bits per heavy atom. The van der Waals surface area contributed by atoms with Crippen LogP contribution in [-0.4, -0.2) is 52.6 Å². The molecule has 0 atom stereocenters. The molecule has 6 nitrogen and oxygen atoms in total. The lowest BCUT2D eigenvalue weighted by atomic mass is 9.99. The lowest BCUT2D eigenvalue weighted by Gasteiger charge is -2.30. The van der Waals surface area contributed by atoms with Crippen LogP contribution in [0.15, 0.2) is 0 Å². The van der Waals surface area contributed by atoms with E-state index in [-0.39, 0.29) is 0 Å². The minimum Gasteiger partial charge on any atom is -0.383 e. The van der Waals surface area contributed by atoms with Crippen molar-refractivity contribution in [2.45, 2.75) is 12.8 Å². The van der Waals surface area contributed by atoms with Gasteiger partial charge in [0.1, 0.15) is 0 Å². The minimum atomic E-state index is -3.32. The van der Waals surface area contributed by atoms with Crippen LogP contribution >= 0.6 is 0 Å². The van der Waals surface area contributed by atoms with Crippen LogP contribution in [0.1, 0.15) is 12.8 Å². The molecule has 0 aromatic rings. The Morgan fingerprint density at radius 3 is 2.56 bits per heavy atom. The molecule has 1 rings (SSSR count). The molecule has 0 unspecified atom stereocenters. The molecule has 1 saturated heterocycles. The van der Waals surface area contributed by atoms with Crippen molar-refractivity contribution in [3.05, 3.63) is 0 Å². The summed E-state index contributed by atoms with van der Waals surface area (Å²) in [6, 6.07) is 0. The number of methoxy groups -OCH3 is 1. The summed E-state index contributed by atoms with van der Waals surface area (Å²) in [7, 11) is -1.78. The predicted octanol–water partition coefficient (Wildman–Crippen LogP) is -0.862. The van der Waals surface area contributed by atoms with Gasteiger partial charge in [-0.25, -0.2) is 0 Å². The zero-order valence-corrected chi connectivity index (χ0v) is 10.5. The van der Waals surface area contributed by atoms with Crippen molar-refractivity contribution in [3.8, 4) is 0 Å². The van der Waals surface area contributed by atoms with Gasteiger partial charge in [0.25, 0.3) is 10.2 Å². The summed E-state index contributed by atoms with van der Waals surface area (Å²) in [5.41, 5.74) is 5.56. The normalized spacial score (nSPS) is 20.1.